The van der Waals surface area contributed by atoms with Gasteiger partial charge in [-0.25, -0.2) is 9.97 Å². The number of hydrogen-bond acceptors (Lipinski definition) is 5. The molecule has 1 aliphatic heterocycles. The SMILES string of the molecule is Cc1ccccc1-c1cccc2c1ccn2Cc1cncn1Cc1ccc(C#N)cc1.N#Cc1ccc(Cn2cncc2CN2CCc3cc(Br)ccc3C2=O)cc1. The maximum atomic E-state index is 12.8. The van der Waals surface area contributed by atoms with Crippen LogP contribution >= 0.6 is 15.9 Å². The minimum atomic E-state index is 0.0647. The molecule has 0 radical (unpaired) electrons. The Kier molecular flexibility index (Phi) is 11.1. The summed E-state index contributed by atoms with van der Waals surface area (Å²) in [6.45, 7) is 5.53. The molecular formula is C48H39BrN8O. The van der Waals surface area contributed by atoms with Crippen molar-refractivity contribution >= 4 is 32.7 Å². The molecule has 0 saturated carbocycles. The molecule has 1 aliphatic rings. The van der Waals surface area contributed by atoms with E-state index in [0.717, 1.165) is 57.6 Å². The molecule has 0 unspecified atom stereocenters. The number of benzene rings is 5. The van der Waals surface area contributed by atoms with Crippen LogP contribution < -0.4 is 0 Å². The zero-order valence-corrected chi connectivity index (χ0v) is 33.5. The maximum Gasteiger partial charge on any atom is 0.254 e. The molecule has 9 rings (SSSR count). The number of fused-ring (bicyclic) bond motifs is 2. The van der Waals surface area contributed by atoms with E-state index in [4.69, 9.17) is 10.5 Å². The lowest BCUT2D eigenvalue weighted by atomic mass is 9.98. The van der Waals surface area contributed by atoms with Gasteiger partial charge in [-0.3, -0.25) is 4.79 Å². The molecule has 4 heterocycles. The Morgan fingerprint density at radius 3 is 1.91 bits per heavy atom. The average molecular weight is 824 g/mol. The Morgan fingerprint density at radius 2 is 1.28 bits per heavy atom. The summed E-state index contributed by atoms with van der Waals surface area (Å²) < 4.78 is 7.50. The number of imidazole rings is 2. The van der Waals surface area contributed by atoms with Gasteiger partial charge in [-0.2, -0.15) is 10.5 Å². The summed E-state index contributed by atoms with van der Waals surface area (Å²) in [6, 6.07) is 42.6. The summed E-state index contributed by atoms with van der Waals surface area (Å²) in [5.41, 5.74) is 12.6. The van der Waals surface area contributed by atoms with E-state index in [1.807, 2.05) is 94.9 Å². The van der Waals surface area contributed by atoms with Gasteiger partial charge in [-0.15, -0.1) is 0 Å². The monoisotopic (exact) mass is 822 g/mol. The normalized spacial score (nSPS) is 12.1. The zero-order valence-electron chi connectivity index (χ0n) is 32.0. The molecule has 0 atom stereocenters. The number of aromatic nitrogens is 5. The van der Waals surface area contributed by atoms with Crippen molar-refractivity contribution in [1.29, 1.82) is 10.5 Å². The van der Waals surface area contributed by atoms with Crippen LogP contribution in [-0.2, 0) is 32.6 Å². The van der Waals surface area contributed by atoms with E-state index in [1.54, 1.807) is 6.33 Å². The molecule has 58 heavy (non-hydrogen) atoms. The van der Waals surface area contributed by atoms with Crippen LogP contribution in [0.5, 0.6) is 0 Å². The second-order valence-corrected chi connectivity index (χ2v) is 15.3. The third kappa shape index (κ3) is 8.24. The van der Waals surface area contributed by atoms with Gasteiger partial charge in [0.05, 0.1) is 60.4 Å². The number of nitrogens with zero attached hydrogens (tertiary/aromatic N) is 8. The lowest BCUT2D eigenvalue weighted by Crippen LogP contribution is -2.37. The Labute approximate surface area is 345 Å². The Bertz CT molecular complexity index is 2820. The molecule has 3 aromatic heterocycles. The number of rotatable bonds is 9. The molecule has 0 bridgehead atoms. The van der Waals surface area contributed by atoms with Crippen molar-refractivity contribution in [1.82, 2.24) is 28.6 Å². The molecule has 0 N–H and O–H groups in total. The standard InChI is InChI=1S/C27H22N4.C21H17BrN4O/c1-20-5-2-3-6-24(20)25-7-4-8-27-26(25)13-14-30(27)18-23-16-29-19-31(23)17-22-11-9-21(15-28)10-12-22;22-18-5-6-20-17(9-18)7-8-25(21(20)27)13-19-11-24-14-26(19)12-16-3-1-15(10-23)2-4-16/h2-14,16,19H,17-18H2,1H3;1-6,9,11,14H,7-8,12-13H2. The molecule has 9 nitrogen and oxygen atoms in total. The fraction of sp³-hybridized carbons (Fsp3) is 0.146. The summed E-state index contributed by atoms with van der Waals surface area (Å²) in [4.78, 5) is 23.4. The quantitative estimate of drug-likeness (QED) is 0.144. The third-order valence-corrected chi connectivity index (χ3v) is 11.1. The van der Waals surface area contributed by atoms with Gasteiger partial charge in [0.2, 0.25) is 0 Å². The summed E-state index contributed by atoms with van der Waals surface area (Å²) in [7, 11) is 0. The predicted molar refractivity (Wildman–Crippen MR) is 229 cm³/mol. The van der Waals surface area contributed by atoms with Crippen LogP contribution in [0.3, 0.4) is 0 Å². The Morgan fingerprint density at radius 1 is 0.655 bits per heavy atom. The molecule has 0 saturated heterocycles. The van der Waals surface area contributed by atoms with Gasteiger partial charge in [-0.1, -0.05) is 76.6 Å². The molecule has 5 aromatic carbocycles. The van der Waals surface area contributed by atoms with E-state index in [-0.39, 0.29) is 5.91 Å². The largest absolute Gasteiger partial charge is 0.341 e. The molecule has 0 fully saturated rings. The Balaban J connectivity index is 0.000000164. The topological polar surface area (TPSA) is 108 Å². The molecule has 1 amide bonds. The van der Waals surface area contributed by atoms with E-state index in [9.17, 15) is 4.79 Å². The van der Waals surface area contributed by atoms with E-state index in [2.05, 4.69) is 109 Å². The van der Waals surface area contributed by atoms with E-state index in [1.165, 1.54) is 27.6 Å². The summed E-state index contributed by atoms with van der Waals surface area (Å²) in [5.74, 6) is 0.0647. The lowest BCUT2D eigenvalue weighted by molar-refractivity contribution is 0.0723. The number of carbonyl (C=O) groups is 1. The van der Waals surface area contributed by atoms with Crippen LogP contribution in [0.2, 0.25) is 0 Å². The third-order valence-electron chi connectivity index (χ3n) is 10.6. The smallest absolute Gasteiger partial charge is 0.254 e. The van der Waals surface area contributed by atoms with Gasteiger partial charge in [-0.05, 0) is 101 Å². The number of aryl methyl sites for hydroxylation is 1. The zero-order chi connectivity index (χ0) is 40.0. The molecule has 0 spiro atoms. The molecule has 10 heteroatoms. The van der Waals surface area contributed by atoms with Crippen molar-refractivity contribution in [3.8, 4) is 23.3 Å². The van der Waals surface area contributed by atoms with Gasteiger partial charge >= 0.3 is 0 Å². The van der Waals surface area contributed by atoms with E-state index >= 15 is 0 Å². The highest BCUT2D eigenvalue weighted by Gasteiger charge is 2.25. The van der Waals surface area contributed by atoms with Crippen LogP contribution in [0.25, 0.3) is 22.0 Å². The van der Waals surface area contributed by atoms with E-state index < -0.39 is 0 Å². The highest BCUT2D eigenvalue weighted by atomic mass is 79.9. The second kappa shape index (κ2) is 17.0. The first kappa shape index (κ1) is 37.9. The van der Waals surface area contributed by atoms with Crippen LogP contribution in [0.15, 0.2) is 151 Å². The summed E-state index contributed by atoms with van der Waals surface area (Å²) in [6.07, 6.45) is 10.4. The number of carbonyl (C=O) groups excluding carboxylic acids is 1. The van der Waals surface area contributed by atoms with E-state index in [0.29, 0.717) is 30.8 Å². The number of amides is 1. The summed E-state index contributed by atoms with van der Waals surface area (Å²) >= 11 is 3.47. The fourth-order valence-corrected chi connectivity index (χ4v) is 7.91. The van der Waals surface area contributed by atoms with Crippen molar-refractivity contribution in [2.24, 2.45) is 0 Å². The lowest BCUT2D eigenvalue weighted by Gasteiger charge is -2.29. The van der Waals surface area contributed by atoms with Gasteiger partial charge in [0, 0.05) is 59.2 Å². The van der Waals surface area contributed by atoms with Crippen LogP contribution in [0.1, 0.15) is 55.1 Å². The first-order chi connectivity index (χ1) is 28.4. The van der Waals surface area contributed by atoms with Gasteiger partial charge in [0.15, 0.2) is 0 Å². The minimum absolute atomic E-state index is 0.0647. The highest BCUT2D eigenvalue weighted by Crippen LogP contribution is 2.32. The van der Waals surface area contributed by atoms with Crippen molar-refractivity contribution in [2.75, 3.05) is 6.54 Å². The molecule has 284 valence electrons. The van der Waals surface area contributed by atoms with Crippen molar-refractivity contribution in [3.63, 3.8) is 0 Å². The number of halogens is 1. The Hall–Kier alpha value is -7.01. The highest BCUT2D eigenvalue weighted by molar-refractivity contribution is 9.10. The van der Waals surface area contributed by atoms with Gasteiger partial charge in [0.25, 0.3) is 5.91 Å². The first-order valence-corrected chi connectivity index (χ1v) is 19.8. The number of hydrogen-bond donors (Lipinski definition) is 0. The molecule has 0 aliphatic carbocycles. The van der Waals surface area contributed by atoms with Gasteiger partial charge < -0.3 is 18.6 Å². The maximum absolute atomic E-state index is 12.8. The molecule has 8 aromatic rings. The summed E-state index contributed by atoms with van der Waals surface area (Å²) in [5, 5.41) is 19.2. The minimum Gasteiger partial charge on any atom is -0.341 e. The van der Waals surface area contributed by atoms with Crippen molar-refractivity contribution in [3.05, 3.63) is 201 Å². The van der Waals surface area contributed by atoms with Crippen LogP contribution in [-0.4, -0.2) is 41.0 Å². The molecular weight excluding hydrogens is 784 g/mol. The fourth-order valence-electron chi connectivity index (χ4n) is 7.50. The number of nitriles is 2. The van der Waals surface area contributed by atoms with Crippen molar-refractivity contribution in [2.45, 2.75) is 39.5 Å². The van der Waals surface area contributed by atoms with Gasteiger partial charge in [0.1, 0.15) is 0 Å². The average Bonchev–Trinajstić information content (AvgIpc) is 4.00. The second-order valence-electron chi connectivity index (χ2n) is 14.4. The van der Waals surface area contributed by atoms with Crippen molar-refractivity contribution < 1.29 is 4.79 Å². The van der Waals surface area contributed by atoms with Crippen LogP contribution in [0, 0.1) is 29.6 Å². The first-order valence-electron chi connectivity index (χ1n) is 19.0. The van der Waals surface area contributed by atoms with Crippen LogP contribution in [0.4, 0.5) is 0 Å². The predicted octanol–water partition coefficient (Wildman–Crippen LogP) is 9.55.